The molecule has 1 saturated heterocycles. The first-order valence-electron chi connectivity index (χ1n) is 7.38. The molecule has 0 spiro atoms. The van der Waals surface area contributed by atoms with Gasteiger partial charge in [0.25, 0.3) is 0 Å². The van der Waals surface area contributed by atoms with E-state index in [9.17, 15) is 0 Å². The van der Waals surface area contributed by atoms with E-state index in [1.807, 2.05) is 7.05 Å². The van der Waals surface area contributed by atoms with Gasteiger partial charge in [-0.2, -0.15) is 0 Å². The molecule has 1 aromatic rings. The molecule has 1 aromatic carbocycles. The molecule has 2 rings (SSSR count). The number of piperidine rings is 1. The predicted molar refractivity (Wildman–Crippen MR) is 79.1 cm³/mol. The number of likely N-dealkylation sites (tertiary alicyclic amines) is 1. The Kier molecular flexibility index (Phi) is 5.83. The Morgan fingerprint density at radius 3 is 2.53 bits per heavy atom. The van der Waals surface area contributed by atoms with Crippen molar-refractivity contribution in [1.29, 1.82) is 0 Å². The van der Waals surface area contributed by atoms with Crippen LogP contribution >= 0.6 is 0 Å². The molecular formula is C16H26N2O. The normalized spacial score (nSPS) is 17.8. The van der Waals surface area contributed by atoms with Gasteiger partial charge in [0.05, 0.1) is 6.10 Å². The molecule has 0 radical (unpaired) electrons. The highest BCUT2D eigenvalue weighted by Crippen LogP contribution is 2.18. The highest BCUT2D eigenvalue weighted by molar-refractivity contribution is 5.27. The third-order valence-electron chi connectivity index (χ3n) is 3.82. The molecule has 3 heteroatoms. The fraction of sp³-hybridized carbons (Fsp3) is 0.625. The van der Waals surface area contributed by atoms with Gasteiger partial charge in [0, 0.05) is 32.8 Å². The summed E-state index contributed by atoms with van der Waals surface area (Å²) in [6, 6.07) is 8.74. The predicted octanol–water partition coefficient (Wildman–Crippen LogP) is 2.41. The van der Waals surface area contributed by atoms with Gasteiger partial charge in [0.1, 0.15) is 0 Å². The zero-order valence-electron chi connectivity index (χ0n) is 12.2. The first-order chi connectivity index (χ1) is 9.33. The van der Waals surface area contributed by atoms with Crippen LogP contribution in [0.25, 0.3) is 0 Å². The van der Waals surface area contributed by atoms with E-state index in [4.69, 9.17) is 4.74 Å². The molecule has 1 N–H and O–H groups in total. The Morgan fingerprint density at radius 2 is 1.89 bits per heavy atom. The second-order valence-corrected chi connectivity index (χ2v) is 5.23. The molecule has 0 aliphatic carbocycles. The monoisotopic (exact) mass is 262 g/mol. The molecule has 1 aliphatic rings. The van der Waals surface area contributed by atoms with Gasteiger partial charge in [0.15, 0.2) is 0 Å². The fourth-order valence-electron chi connectivity index (χ4n) is 2.79. The van der Waals surface area contributed by atoms with Gasteiger partial charge in [-0.3, -0.25) is 4.90 Å². The van der Waals surface area contributed by atoms with Crippen molar-refractivity contribution in [3.63, 3.8) is 0 Å². The van der Waals surface area contributed by atoms with Gasteiger partial charge >= 0.3 is 0 Å². The summed E-state index contributed by atoms with van der Waals surface area (Å²) in [4.78, 5) is 2.55. The van der Waals surface area contributed by atoms with Crippen LogP contribution in [-0.2, 0) is 17.8 Å². The average Bonchev–Trinajstić information content (AvgIpc) is 2.44. The van der Waals surface area contributed by atoms with E-state index in [1.165, 1.54) is 24.0 Å². The van der Waals surface area contributed by atoms with Crippen LogP contribution < -0.4 is 5.32 Å². The van der Waals surface area contributed by atoms with E-state index in [-0.39, 0.29) is 0 Å². The number of hydrogen-bond donors (Lipinski definition) is 1. The van der Waals surface area contributed by atoms with E-state index in [0.717, 1.165) is 32.8 Å². The van der Waals surface area contributed by atoms with Crippen LogP contribution in [0.2, 0.25) is 0 Å². The number of hydrogen-bond acceptors (Lipinski definition) is 3. The van der Waals surface area contributed by atoms with Crippen LogP contribution in [0, 0.1) is 0 Å². The van der Waals surface area contributed by atoms with Crippen LogP contribution in [0.15, 0.2) is 24.3 Å². The standard InChI is InChI=1S/C16H26N2O/c1-3-19-16-8-10-18(11-9-16)13-15-7-5-4-6-14(15)12-17-2/h4-7,16-17H,3,8-13H2,1-2H3. The molecule has 106 valence electrons. The van der Waals surface area contributed by atoms with Gasteiger partial charge in [-0.1, -0.05) is 24.3 Å². The second kappa shape index (κ2) is 7.63. The van der Waals surface area contributed by atoms with Crippen LogP contribution in [0.1, 0.15) is 30.9 Å². The topological polar surface area (TPSA) is 24.5 Å². The van der Waals surface area contributed by atoms with E-state index in [2.05, 4.69) is 41.4 Å². The van der Waals surface area contributed by atoms with Crippen molar-refractivity contribution in [2.75, 3.05) is 26.7 Å². The fourth-order valence-corrected chi connectivity index (χ4v) is 2.79. The van der Waals surface area contributed by atoms with Gasteiger partial charge in [0.2, 0.25) is 0 Å². The van der Waals surface area contributed by atoms with E-state index in [0.29, 0.717) is 6.10 Å². The zero-order chi connectivity index (χ0) is 13.5. The highest BCUT2D eigenvalue weighted by Gasteiger charge is 2.19. The minimum Gasteiger partial charge on any atom is -0.378 e. The molecule has 0 aromatic heterocycles. The summed E-state index contributed by atoms with van der Waals surface area (Å²) in [7, 11) is 2.00. The van der Waals surface area contributed by atoms with Gasteiger partial charge < -0.3 is 10.1 Å². The smallest absolute Gasteiger partial charge is 0.0599 e. The Balaban J connectivity index is 1.88. The summed E-state index contributed by atoms with van der Waals surface area (Å²) < 4.78 is 5.71. The maximum Gasteiger partial charge on any atom is 0.0599 e. The van der Waals surface area contributed by atoms with Crippen LogP contribution in [0.3, 0.4) is 0 Å². The molecule has 0 bridgehead atoms. The van der Waals surface area contributed by atoms with E-state index >= 15 is 0 Å². The largest absolute Gasteiger partial charge is 0.378 e. The maximum atomic E-state index is 5.71. The lowest BCUT2D eigenvalue weighted by Gasteiger charge is -2.32. The van der Waals surface area contributed by atoms with Crippen LogP contribution in [-0.4, -0.2) is 37.7 Å². The third kappa shape index (κ3) is 4.30. The molecule has 19 heavy (non-hydrogen) atoms. The van der Waals surface area contributed by atoms with Crippen molar-refractivity contribution < 1.29 is 4.74 Å². The number of ether oxygens (including phenoxy) is 1. The third-order valence-corrected chi connectivity index (χ3v) is 3.82. The summed E-state index contributed by atoms with van der Waals surface area (Å²) in [6.07, 6.45) is 2.82. The van der Waals surface area contributed by atoms with Crippen molar-refractivity contribution >= 4 is 0 Å². The summed E-state index contributed by atoms with van der Waals surface area (Å²) >= 11 is 0. The van der Waals surface area contributed by atoms with Crippen molar-refractivity contribution in [3.05, 3.63) is 35.4 Å². The minimum atomic E-state index is 0.480. The van der Waals surface area contributed by atoms with E-state index in [1.54, 1.807) is 0 Å². The molecule has 0 atom stereocenters. The van der Waals surface area contributed by atoms with Crippen molar-refractivity contribution in [1.82, 2.24) is 10.2 Å². The molecular weight excluding hydrogens is 236 g/mol. The average molecular weight is 262 g/mol. The molecule has 0 unspecified atom stereocenters. The van der Waals surface area contributed by atoms with Crippen LogP contribution in [0.5, 0.6) is 0 Å². The Labute approximate surface area is 116 Å². The van der Waals surface area contributed by atoms with Crippen LogP contribution in [0.4, 0.5) is 0 Å². The summed E-state index contributed by atoms with van der Waals surface area (Å²) in [6.45, 7) is 7.25. The minimum absolute atomic E-state index is 0.480. The molecule has 1 heterocycles. The van der Waals surface area contributed by atoms with Crippen molar-refractivity contribution in [2.24, 2.45) is 0 Å². The molecule has 1 fully saturated rings. The Bertz CT molecular complexity index is 373. The SMILES string of the molecule is CCOC1CCN(Cc2ccccc2CNC)CC1. The maximum absolute atomic E-state index is 5.71. The summed E-state index contributed by atoms with van der Waals surface area (Å²) in [5.74, 6) is 0. The van der Waals surface area contributed by atoms with Gasteiger partial charge in [-0.15, -0.1) is 0 Å². The Hall–Kier alpha value is -0.900. The molecule has 0 saturated carbocycles. The second-order valence-electron chi connectivity index (χ2n) is 5.23. The number of nitrogens with zero attached hydrogens (tertiary/aromatic N) is 1. The van der Waals surface area contributed by atoms with Gasteiger partial charge in [-0.25, -0.2) is 0 Å². The molecule has 1 aliphatic heterocycles. The Morgan fingerprint density at radius 1 is 1.21 bits per heavy atom. The van der Waals surface area contributed by atoms with Crippen molar-refractivity contribution in [2.45, 2.75) is 39.0 Å². The first kappa shape index (κ1) is 14.5. The number of nitrogens with one attached hydrogen (secondary N) is 1. The lowest BCUT2D eigenvalue weighted by molar-refractivity contribution is 0.0125. The van der Waals surface area contributed by atoms with Gasteiger partial charge in [-0.05, 0) is 37.9 Å². The lowest BCUT2D eigenvalue weighted by Crippen LogP contribution is -2.36. The first-order valence-corrected chi connectivity index (χ1v) is 7.38. The lowest BCUT2D eigenvalue weighted by atomic mass is 10.0. The van der Waals surface area contributed by atoms with Crippen molar-refractivity contribution in [3.8, 4) is 0 Å². The zero-order valence-corrected chi connectivity index (χ0v) is 12.2. The molecule has 0 amide bonds. The number of benzene rings is 1. The molecule has 3 nitrogen and oxygen atoms in total. The summed E-state index contributed by atoms with van der Waals surface area (Å²) in [5.41, 5.74) is 2.86. The number of rotatable bonds is 6. The summed E-state index contributed by atoms with van der Waals surface area (Å²) in [5, 5.41) is 3.25. The highest BCUT2D eigenvalue weighted by atomic mass is 16.5. The van der Waals surface area contributed by atoms with E-state index < -0.39 is 0 Å². The quantitative estimate of drug-likeness (QED) is 0.852.